The first-order valence-corrected chi connectivity index (χ1v) is 9.49. The van der Waals surface area contributed by atoms with Crippen molar-refractivity contribution in [2.45, 2.75) is 45.1 Å². The second kappa shape index (κ2) is 6.43. The van der Waals surface area contributed by atoms with Crippen molar-refractivity contribution >= 4 is 15.7 Å². The number of sulfone groups is 1. The SMILES string of the molecule is CCS(=O)(=O)CCNC(=O)C1CC2CCCC(C1)C2N. The minimum Gasteiger partial charge on any atom is -0.355 e. The maximum Gasteiger partial charge on any atom is 0.223 e. The first-order valence-electron chi connectivity index (χ1n) is 7.66. The van der Waals surface area contributed by atoms with Crippen molar-refractivity contribution < 1.29 is 13.2 Å². The van der Waals surface area contributed by atoms with Gasteiger partial charge in [0.1, 0.15) is 0 Å². The number of hydrogen-bond donors (Lipinski definition) is 2. The fourth-order valence-electron chi connectivity index (χ4n) is 3.62. The summed E-state index contributed by atoms with van der Waals surface area (Å²) in [6, 6.07) is 0.258. The van der Waals surface area contributed by atoms with Gasteiger partial charge in [-0.25, -0.2) is 8.42 Å². The van der Waals surface area contributed by atoms with Crippen LogP contribution in [0.5, 0.6) is 0 Å². The van der Waals surface area contributed by atoms with Crippen molar-refractivity contribution in [3.63, 3.8) is 0 Å². The summed E-state index contributed by atoms with van der Waals surface area (Å²) in [4.78, 5) is 12.2. The van der Waals surface area contributed by atoms with Crippen molar-refractivity contribution in [1.82, 2.24) is 5.32 Å². The maximum absolute atomic E-state index is 12.2. The number of carbonyl (C=O) groups excluding carboxylic acids is 1. The van der Waals surface area contributed by atoms with E-state index in [9.17, 15) is 13.2 Å². The molecular formula is C14H26N2O3S. The Balaban J connectivity index is 1.82. The smallest absolute Gasteiger partial charge is 0.223 e. The van der Waals surface area contributed by atoms with E-state index in [1.807, 2.05) is 0 Å². The molecule has 2 unspecified atom stereocenters. The molecule has 2 atom stereocenters. The number of fused-ring (bicyclic) bond motifs is 2. The molecule has 20 heavy (non-hydrogen) atoms. The Bertz CT molecular complexity index is 435. The molecule has 0 saturated heterocycles. The van der Waals surface area contributed by atoms with E-state index in [2.05, 4.69) is 5.32 Å². The highest BCUT2D eigenvalue weighted by molar-refractivity contribution is 7.91. The van der Waals surface area contributed by atoms with Gasteiger partial charge in [0.05, 0.1) is 5.75 Å². The summed E-state index contributed by atoms with van der Waals surface area (Å²) in [5, 5.41) is 2.79. The second-order valence-electron chi connectivity index (χ2n) is 6.22. The summed E-state index contributed by atoms with van der Waals surface area (Å²) in [6.45, 7) is 1.85. The van der Waals surface area contributed by atoms with Crippen molar-refractivity contribution in [3.8, 4) is 0 Å². The lowest BCUT2D eigenvalue weighted by Crippen LogP contribution is -2.49. The van der Waals surface area contributed by atoms with Gasteiger partial charge in [0.15, 0.2) is 9.84 Å². The topological polar surface area (TPSA) is 89.3 Å². The molecule has 0 aliphatic heterocycles. The highest BCUT2D eigenvalue weighted by atomic mass is 32.2. The zero-order valence-electron chi connectivity index (χ0n) is 12.2. The molecule has 116 valence electrons. The van der Waals surface area contributed by atoms with E-state index in [1.165, 1.54) is 6.42 Å². The molecule has 0 aromatic rings. The third-order valence-corrected chi connectivity index (χ3v) is 6.64. The zero-order valence-corrected chi connectivity index (χ0v) is 13.0. The summed E-state index contributed by atoms with van der Waals surface area (Å²) < 4.78 is 22.8. The van der Waals surface area contributed by atoms with Gasteiger partial charge in [0.2, 0.25) is 5.91 Å². The number of hydrogen-bond acceptors (Lipinski definition) is 4. The quantitative estimate of drug-likeness (QED) is 0.782. The Morgan fingerprint density at radius 3 is 2.40 bits per heavy atom. The van der Waals surface area contributed by atoms with E-state index in [0.717, 1.165) is 25.7 Å². The van der Waals surface area contributed by atoms with Crippen molar-refractivity contribution in [2.75, 3.05) is 18.1 Å². The molecule has 1 amide bonds. The lowest BCUT2D eigenvalue weighted by molar-refractivity contribution is -0.127. The molecule has 0 heterocycles. The van der Waals surface area contributed by atoms with E-state index >= 15 is 0 Å². The maximum atomic E-state index is 12.2. The van der Waals surface area contributed by atoms with Crippen LogP contribution in [0.25, 0.3) is 0 Å². The van der Waals surface area contributed by atoms with Gasteiger partial charge in [-0.15, -0.1) is 0 Å². The minimum atomic E-state index is -3.00. The number of carbonyl (C=O) groups is 1. The van der Waals surface area contributed by atoms with Gasteiger partial charge in [0, 0.05) is 24.3 Å². The fraction of sp³-hybridized carbons (Fsp3) is 0.929. The van der Waals surface area contributed by atoms with Gasteiger partial charge >= 0.3 is 0 Å². The molecule has 0 aromatic heterocycles. The molecule has 6 heteroatoms. The first kappa shape index (κ1) is 15.8. The molecule has 0 radical (unpaired) electrons. The van der Waals surface area contributed by atoms with Crippen LogP contribution in [0.15, 0.2) is 0 Å². The highest BCUT2D eigenvalue weighted by Gasteiger charge is 2.40. The number of nitrogens with one attached hydrogen (secondary N) is 1. The van der Waals surface area contributed by atoms with Crippen molar-refractivity contribution in [1.29, 1.82) is 0 Å². The average Bonchev–Trinajstić information content (AvgIpc) is 2.38. The number of nitrogens with two attached hydrogens (primary N) is 1. The summed E-state index contributed by atoms with van der Waals surface area (Å²) >= 11 is 0. The van der Waals surface area contributed by atoms with Gasteiger partial charge in [-0.2, -0.15) is 0 Å². The van der Waals surface area contributed by atoms with Crippen LogP contribution in [0, 0.1) is 17.8 Å². The predicted molar refractivity (Wildman–Crippen MR) is 78.9 cm³/mol. The molecule has 5 nitrogen and oxygen atoms in total. The molecule has 2 fully saturated rings. The lowest BCUT2D eigenvalue weighted by atomic mass is 9.65. The van der Waals surface area contributed by atoms with E-state index in [-0.39, 0.29) is 35.9 Å². The van der Waals surface area contributed by atoms with E-state index < -0.39 is 9.84 Å². The molecule has 2 rings (SSSR count). The van der Waals surface area contributed by atoms with Gasteiger partial charge < -0.3 is 11.1 Å². The van der Waals surface area contributed by atoms with Crippen LogP contribution in [-0.2, 0) is 14.6 Å². The van der Waals surface area contributed by atoms with E-state index in [0.29, 0.717) is 11.8 Å². The fourth-order valence-corrected chi connectivity index (χ4v) is 4.32. The normalized spacial score (nSPS) is 33.7. The number of amides is 1. The minimum absolute atomic E-state index is 0.0140. The monoisotopic (exact) mass is 302 g/mol. The van der Waals surface area contributed by atoms with Crippen molar-refractivity contribution in [2.24, 2.45) is 23.5 Å². The summed E-state index contributed by atoms with van der Waals surface area (Å²) in [5.41, 5.74) is 6.21. The van der Waals surface area contributed by atoms with Crippen LogP contribution in [0.4, 0.5) is 0 Å². The standard InChI is InChI=1S/C14H26N2O3S/c1-2-20(18,19)7-6-16-14(17)12-8-10-4-3-5-11(9-12)13(10)15/h10-13H,2-9,15H2,1H3,(H,16,17). The van der Waals surface area contributed by atoms with Gasteiger partial charge in [-0.3, -0.25) is 4.79 Å². The Hall–Kier alpha value is -0.620. The Labute approximate surface area is 121 Å². The molecule has 0 spiro atoms. The molecule has 2 aliphatic rings. The van der Waals surface area contributed by atoms with E-state index in [4.69, 9.17) is 5.73 Å². The number of rotatable bonds is 5. The largest absolute Gasteiger partial charge is 0.355 e. The summed E-state index contributed by atoms with van der Waals surface area (Å²) in [6.07, 6.45) is 5.22. The Morgan fingerprint density at radius 1 is 1.25 bits per heavy atom. The predicted octanol–water partition coefficient (Wildman–Crippen LogP) is 0.691. The van der Waals surface area contributed by atoms with Crippen molar-refractivity contribution in [3.05, 3.63) is 0 Å². The molecule has 2 aliphatic carbocycles. The molecule has 2 bridgehead atoms. The lowest BCUT2D eigenvalue weighted by Gasteiger charge is -2.43. The van der Waals surface area contributed by atoms with E-state index in [1.54, 1.807) is 6.92 Å². The van der Waals surface area contributed by atoms with Crippen LogP contribution in [-0.4, -0.2) is 38.4 Å². The van der Waals surface area contributed by atoms with Crippen LogP contribution < -0.4 is 11.1 Å². The highest BCUT2D eigenvalue weighted by Crippen LogP contribution is 2.41. The second-order valence-corrected chi connectivity index (χ2v) is 8.70. The Kier molecular flexibility index (Phi) is 5.07. The van der Waals surface area contributed by atoms with Crippen LogP contribution in [0.2, 0.25) is 0 Å². The summed E-state index contributed by atoms with van der Waals surface area (Å²) in [7, 11) is -3.00. The first-order chi connectivity index (χ1) is 9.43. The third kappa shape index (κ3) is 3.73. The molecule has 3 N–H and O–H groups in total. The average molecular weight is 302 g/mol. The third-order valence-electron chi connectivity index (χ3n) is 4.94. The van der Waals surface area contributed by atoms with Crippen LogP contribution in [0.3, 0.4) is 0 Å². The molecule has 2 saturated carbocycles. The summed E-state index contributed by atoms with van der Waals surface area (Å²) in [5.74, 6) is 1.14. The van der Waals surface area contributed by atoms with Crippen LogP contribution >= 0.6 is 0 Å². The Morgan fingerprint density at radius 2 is 1.85 bits per heavy atom. The van der Waals surface area contributed by atoms with Crippen LogP contribution in [0.1, 0.15) is 39.0 Å². The molecular weight excluding hydrogens is 276 g/mol. The van der Waals surface area contributed by atoms with Gasteiger partial charge in [-0.1, -0.05) is 13.3 Å². The van der Waals surface area contributed by atoms with Gasteiger partial charge in [0.25, 0.3) is 0 Å². The zero-order chi connectivity index (χ0) is 14.8. The van der Waals surface area contributed by atoms with Gasteiger partial charge in [-0.05, 0) is 37.5 Å². The molecule has 0 aromatic carbocycles.